The maximum Gasteiger partial charge on any atom is 0.241 e. The molecule has 76 valence electrons. The molecule has 0 saturated heterocycles. The molecule has 0 bridgehead atoms. The van der Waals surface area contributed by atoms with Gasteiger partial charge in [-0.3, -0.25) is 4.79 Å². The molecule has 0 atom stereocenters. The summed E-state index contributed by atoms with van der Waals surface area (Å²) in [4.78, 5) is 10.3. The zero-order valence-electron chi connectivity index (χ0n) is 8.52. The van der Waals surface area contributed by atoms with E-state index in [1.54, 1.807) is 12.2 Å². The molecule has 0 spiro atoms. The largest absolute Gasteiger partial charge is 0.366 e. The van der Waals surface area contributed by atoms with Crippen molar-refractivity contribution in [3.63, 3.8) is 0 Å². The van der Waals surface area contributed by atoms with E-state index in [-0.39, 0.29) is 0 Å². The van der Waals surface area contributed by atoms with Gasteiger partial charge in [0.15, 0.2) is 0 Å². The SMILES string of the molecule is CCCC=CC=CC=CC=CC(N)=O. The molecule has 0 saturated carbocycles. The Hall–Kier alpha value is -1.57. The molecule has 0 unspecified atom stereocenters. The van der Waals surface area contributed by atoms with Crippen LogP contribution in [0.2, 0.25) is 0 Å². The topological polar surface area (TPSA) is 43.1 Å². The zero-order chi connectivity index (χ0) is 10.6. The third-order valence-electron chi connectivity index (χ3n) is 1.41. The Kier molecular flexibility index (Phi) is 8.45. The smallest absolute Gasteiger partial charge is 0.241 e. The predicted octanol–water partition coefficient (Wildman–Crippen LogP) is 2.50. The van der Waals surface area contributed by atoms with Crippen molar-refractivity contribution in [3.05, 3.63) is 48.6 Å². The minimum atomic E-state index is -0.429. The van der Waals surface area contributed by atoms with Crippen LogP contribution in [-0.2, 0) is 4.79 Å². The van der Waals surface area contributed by atoms with Gasteiger partial charge in [0.25, 0.3) is 0 Å². The summed E-state index contributed by atoms with van der Waals surface area (Å²) in [5.74, 6) is -0.429. The highest BCUT2D eigenvalue weighted by atomic mass is 16.1. The van der Waals surface area contributed by atoms with E-state index in [9.17, 15) is 4.79 Å². The third-order valence-corrected chi connectivity index (χ3v) is 1.41. The van der Waals surface area contributed by atoms with Crippen LogP contribution in [0.5, 0.6) is 0 Å². The number of carbonyl (C=O) groups excluding carboxylic acids is 1. The fourth-order valence-corrected chi connectivity index (χ4v) is 0.748. The minimum absolute atomic E-state index is 0.429. The summed E-state index contributed by atoms with van der Waals surface area (Å²) < 4.78 is 0. The molecule has 0 fully saturated rings. The number of hydrogen-bond donors (Lipinski definition) is 1. The van der Waals surface area contributed by atoms with E-state index >= 15 is 0 Å². The van der Waals surface area contributed by atoms with Crippen molar-refractivity contribution in [1.82, 2.24) is 0 Å². The van der Waals surface area contributed by atoms with E-state index in [0.717, 1.165) is 6.42 Å². The summed E-state index contributed by atoms with van der Waals surface area (Å²) in [6.07, 6.45) is 16.8. The number of carbonyl (C=O) groups is 1. The lowest BCUT2D eigenvalue weighted by Crippen LogP contribution is -2.04. The molecule has 0 aliphatic carbocycles. The fraction of sp³-hybridized carbons (Fsp3) is 0.250. The molecule has 2 heteroatoms. The highest BCUT2D eigenvalue weighted by molar-refractivity contribution is 5.85. The highest BCUT2D eigenvalue weighted by Crippen LogP contribution is 1.89. The van der Waals surface area contributed by atoms with E-state index in [0.29, 0.717) is 0 Å². The van der Waals surface area contributed by atoms with Crippen molar-refractivity contribution in [3.8, 4) is 0 Å². The third kappa shape index (κ3) is 10.4. The van der Waals surface area contributed by atoms with Gasteiger partial charge in [-0.05, 0) is 6.42 Å². The van der Waals surface area contributed by atoms with E-state index in [4.69, 9.17) is 5.73 Å². The summed E-state index contributed by atoms with van der Waals surface area (Å²) >= 11 is 0. The van der Waals surface area contributed by atoms with Crippen LogP contribution in [0.1, 0.15) is 19.8 Å². The molecule has 2 nitrogen and oxygen atoms in total. The number of amides is 1. The molecule has 0 radical (unpaired) electrons. The molecule has 0 rings (SSSR count). The second-order valence-corrected chi connectivity index (χ2v) is 2.75. The molecule has 2 N–H and O–H groups in total. The minimum Gasteiger partial charge on any atom is -0.366 e. The van der Waals surface area contributed by atoms with Crippen molar-refractivity contribution in [2.24, 2.45) is 5.73 Å². The van der Waals surface area contributed by atoms with E-state index < -0.39 is 5.91 Å². The van der Waals surface area contributed by atoms with Gasteiger partial charge in [0.1, 0.15) is 0 Å². The van der Waals surface area contributed by atoms with Gasteiger partial charge in [-0.25, -0.2) is 0 Å². The average Bonchev–Trinajstić information content (AvgIpc) is 2.15. The molecule has 0 aliphatic rings. The number of hydrogen-bond acceptors (Lipinski definition) is 1. The molecular weight excluding hydrogens is 174 g/mol. The lowest BCUT2D eigenvalue weighted by atomic mass is 10.3. The Labute approximate surface area is 85.5 Å². The van der Waals surface area contributed by atoms with Crippen LogP contribution in [0.25, 0.3) is 0 Å². The number of rotatable bonds is 6. The van der Waals surface area contributed by atoms with Gasteiger partial charge in [0, 0.05) is 6.08 Å². The number of unbranched alkanes of at least 4 members (excludes halogenated alkanes) is 1. The molecule has 14 heavy (non-hydrogen) atoms. The highest BCUT2D eigenvalue weighted by Gasteiger charge is 1.75. The van der Waals surface area contributed by atoms with Gasteiger partial charge in [-0.2, -0.15) is 0 Å². The molecule has 0 aliphatic heterocycles. The summed E-state index contributed by atoms with van der Waals surface area (Å²) in [6, 6.07) is 0. The molecule has 0 aromatic heterocycles. The first-order chi connectivity index (χ1) is 6.77. The van der Waals surface area contributed by atoms with Crippen LogP contribution in [0, 0.1) is 0 Å². The summed E-state index contributed by atoms with van der Waals surface area (Å²) in [7, 11) is 0. The second-order valence-electron chi connectivity index (χ2n) is 2.75. The Morgan fingerprint density at radius 1 is 1.07 bits per heavy atom. The number of primary amides is 1. The van der Waals surface area contributed by atoms with Crippen molar-refractivity contribution < 1.29 is 4.79 Å². The first-order valence-electron chi connectivity index (χ1n) is 4.73. The summed E-state index contributed by atoms with van der Waals surface area (Å²) in [5.41, 5.74) is 4.90. The van der Waals surface area contributed by atoms with Gasteiger partial charge >= 0.3 is 0 Å². The lowest BCUT2D eigenvalue weighted by molar-refractivity contribution is -0.113. The standard InChI is InChI=1S/C12H17NO/c1-2-3-4-5-6-7-8-9-10-11-12(13)14/h4-11H,2-3H2,1H3,(H2,13,14). The van der Waals surface area contributed by atoms with Crippen LogP contribution in [0.3, 0.4) is 0 Å². The Morgan fingerprint density at radius 2 is 1.64 bits per heavy atom. The molecule has 1 amide bonds. The summed E-state index contributed by atoms with van der Waals surface area (Å²) in [6.45, 7) is 2.14. The second kappa shape index (κ2) is 9.52. The van der Waals surface area contributed by atoms with Crippen LogP contribution < -0.4 is 5.73 Å². The average molecular weight is 191 g/mol. The Balaban J connectivity index is 3.65. The maximum atomic E-state index is 10.3. The molecule has 0 aromatic carbocycles. The van der Waals surface area contributed by atoms with Crippen LogP contribution in [-0.4, -0.2) is 5.91 Å². The first-order valence-corrected chi connectivity index (χ1v) is 4.73. The van der Waals surface area contributed by atoms with Gasteiger partial charge in [0.2, 0.25) is 5.91 Å². The van der Waals surface area contributed by atoms with Crippen molar-refractivity contribution in [2.75, 3.05) is 0 Å². The zero-order valence-corrected chi connectivity index (χ0v) is 8.52. The van der Waals surface area contributed by atoms with Crippen LogP contribution in [0.4, 0.5) is 0 Å². The van der Waals surface area contributed by atoms with E-state index in [2.05, 4.69) is 13.0 Å². The van der Waals surface area contributed by atoms with Crippen molar-refractivity contribution in [2.45, 2.75) is 19.8 Å². The van der Waals surface area contributed by atoms with Gasteiger partial charge in [-0.1, -0.05) is 55.9 Å². The molecule has 0 aromatic rings. The monoisotopic (exact) mass is 191 g/mol. The molecule has 0 heterocycles. The van der Waals surface area contributed by atoms with Crippen LogP contribution in [0.15, 0.2) is 48.6 Å². The van der Waals surface area contributed by atoms with Gasteiger partial charge < -0.3 is 5.73 Å². The Morgan fingerprint density at radius 3 is 2.21 bits per heavy atom. The van der Waals surface area contributed by atoms with Crippen molar-refractivity contribution >= 4 is 5.91 Å². The maximum absolute atomic E-state index is 10.3. The van der Waals surface area contributed by atoms with Gasteiger partial charge in [-0.15, -0.1) is 0 Å². The predicted molar refractivity (Wildman–Crippen MR) is 60.7 cm³/mol. The van der Waals surface area contributed by atoms with Crippen molar-refractivity contribution in [1.29, 1.82) is 0 Å². The van der Waals surface area contributed by atoms with E-state index in [1.807, 2.05) is 24.3 Å². The van der Waals surface area contributed by atoms with E-state index in [1.165, 1.54) is 12.5 Å². The first kappa shape index (κ1) is 12.4. The molecular formula is C12H17NO. The normalized spacial score (nSPS) is 12.6. The number of nitrogens with two attached hydrogens (primary N) is 1. The number of allylic oxidation sites excluding steroid dienone is 7. The fourth-order valence-electron chi connectivity index (χ4n) is 0.748. The lowest BCUT2D eigenvalue weighted by Gasteiger charge is -1.79. The van der Waals surface area contributed by atoms with Gasteiger partial charge in [0.05, 0.1) is 0 Å². The Bertz CT molecular complexity index is 259. The summed E-state index contributed by atoms with van der Waals surface area (Å²) in [5, 5.41) is 0. The quantitative estimate of drug-likeness (QED) is 0.508. The van der Waals surface area contributed by atoms with Crippen LogP contribution >= 0.6 is 0 Å².